The first-order valence-corrected chi connectivity index (χ1v) is 3.66. The molecule has 0 aliphatic heterocycles. The first kappa shape index (κ1) is 43.9. The predicted octanol–water partition coefficient (Wildman–Crippen LogP) is -0.0362. The van der Waals surface area contributed by atoms with Crippen molar-refractivity contribution in [3.8, 4) is 0 Å². The summed E-state index contributed by atoms with van der Waals surface area (Å²) in [7, 11) is 0. The molecule has 0 bridgehead atoms. The van der Waals surface area contributed by atoms with Gasteiger partial charge in [-0.05, 0) is 6.42 Å². The number of carbonyl (C=O) groups excluding carboxylic acids is 5. The Morgan fingerprint density at radius 3 is 1.17 bits per heavy atom. The molecule has 0 heterocycles. The van der Waals surface area contributed by atoms with Crippen LogP contribution in [0, 0.1) is 12.5 Å². The second-order valence-electron chi connectivity index (χ2n) is 1.85. The molecule has 18 heavy (non-hydrogen) atoms. The van der Waals surface area contributed by atoms with E-state index in [9.17, 15) is 0 Å². The molecule has 0 aliphatic rings. The van der Waals surface area contributed by atoms with Crippen molar-refractivity contribution in [2.45, 2.75) is 20.3 Å². The summed E-state index contributed by atoms with van der Waals surface area (Å²) in [6.07, 6.45) is 1.13. The third-order valence-corrected chi connectivity index (χ3v) is 1.10. The molecule has 6 nitrogen and oxygen atoms in total. The Bertz CT molecular complexity index is 132. The van der Waals surface area contributed by atoms with Crippen molar-refractivity contribution in [3.63, 3.8) is 0 Å². The fourth-order valence-electron chi connectivity index (χ4n) is 0.285. The van der Waals surface area contributed by atoms with Gasteiger partial charge in [-0.15, -0.1) is 0 Å². The van der Waals surface area contributed by atoms with Gasteiger partial charge in [-0.2, -0.15) is 0 Å². The molecule has 0 aromatic carbocycles. The van der Waals surface area contributed by atoms with Crippen molar-refractivity contribution in [1.82, 2.24) is 0 Å². The van der Waals surface area contributed by atoms with Gasteiger partial charge in [0.25, 0.3) is 33.9 Å². The van der Waals surface area contributed by atoms with Crippen molar-refractivity contribution < 1.29 is 45.0 Å². The van der Waals surface area contributed by atoms with Crippen molar-refractivity contribution in [3.05, 3.63) is 11.4 Å². The Morgan fingerprint density at radius 1 is 0.889 bits per heavy atom. The number of rotatable bonds is 2. The maximum Gasteiger partial charge on any atom is 0.281 e. The predicted molar refractivity (Wildman–Crippen MR) is 59.4 cm³/mol. The normalized spacial score (nSPS) is 6.06. The van der Waals surface area contributed by atoms with Gasteiger partial charge in [-0.1, -0.05) is 13.8 Å². The van der Waals surface area contributed by atoms with E-state index in [1.807, 2.05) is 0 Å². The van der Waals surface area contributed by atoms with Crippen LogP contribution in [0.15, 0.2) is 0 Å². The van der Waals surface area contributed by atoms with Crippen LogP contribution in [-0.2, 0) is 45.0 Å². The van der Waals surface area contributed by atoms with E-state index in [1.165, 1.54) is 0 Å². The summed E-state index contributed by atoms with van der Waals surface area (Å²) < 4.78 is 0. The number of hydrogen-bond acceptors (Lipinski definition) is 5. The van der Waals surface area contributed by atoms with Gasteiger partial charge >= 0.3 is 0 Å². The van der Waals surface area contributed by atoms with E-state index in [0.717, 1.165) is 6.42 Å². The van der Waals surface area contributed by atoms with Gasteiger partial charge in [0.1, 0.15) is 0 Å². The molecule has 7 heteroatoms. The van der Waals surface area contributed by atoms with Gasteiger partial charge < -0.3 is 4.85 Å². The topological polar surface area (TPSA) is 89.7 Å². The zero-order valence-corrected chi connectivity index (χ0v) is 12.8. The zero-order chi connectivity index (χ0) is 15.7. The molecule has 96 valence electrons. The van der Waals surface area contributed by atoms with E-state index in [-0.39, 0.29) is 21.1 Å². The molecule has 0 N–H and O–H groups in total. The molecule has 0 saturated heterocycles. The molecule has 0 aliphatic carbocycles. The molecule has 0 spiro atoms. The van der Waals surface area contributed by atoms with Crippen molar-refractivity contribution in [2.75, 3.05) is 6.54 Å². The molecule has 1 unspecified atom stereocenters. The van der Waals surface area contributed by atoms with E-state index in [2.05, 4.69) is 52.6 Å². The minimum Gasteiger partial charge on any atom is -0.317 e. The van der Waals surface area contributed by atoms with E-state index in [1.54, 1.807) is 0 Å². The Hall–Kier alpha value is -1.47. The van der Waals surface area contributed by atoms with Crippen LogP contribution in [0.5, 0.6) is 0 Å². The molecule has 10 radical (unpaired) electrons. The van der Waals surface area contributed by atoms with Gasteiger partial charge in [0.15, 0.2) is 0 Å². The maximum absolute atomic E-state index is 7.50. The third-order valence-electron chi connectivity index (χ3n) is 1.10. The van der Waals surface area contributed by atoms with Crippen LogP contribution < -0.4 is 0 Å². The van der Waals surface area contributed by atoms with E-state index >= 15 is 0 Å². The Balaban J connectivity index is -0.0000000189. The summed E-state index contributed by atoms with van der Waals surface area (Å²) >= 11 is 0. The van der Waals surface area contributed by atoms with E-state index in [4.69, 9.17) is 30.5 Å². The first-order valence-electron chi connectivity index (χ1n) is 3.66. The van der Waals surface area contributed by atoms with Crippen LogP contribution in [0.2, 0.25) is 0 Å². The second kappa shape index (κ2) is 160. The fourth-order valence-corrected chi connectivity index (χ4v) is 0.285. The average molecular weight is 421 g/mol. The standard InChI is InChI=1S/C6H11N.5CO.W/c1-4-6(2)5-7-3;5*1-2;/h6H,4-5H2,1-2H3;;;;;;. The van der Waals surface area contributed by atoms with Gasteiger partial charge in [0.2, 0.25) is 6.54 Å². The summed E-state index contributed by atoms with van der Waals surface area (Å²) in [6, 6.07) is 0. The molecule has 0 aromatic heterocycles. The summed E-state index contributed by atoms with van der Waals surface area (Å²) in [4.78, 5) is 40.8. The van der Waals surface area contributed by atoms with Crippen LogP contribution in [0.25, 0.3) is 4.85 Å². The average Bonchev–Trinajstić information content (AvgIpc) is 2.49. The van der Waals surface area contributed by atoms with Crippen LogP contribution in [0.4, 0.5) is 0 Å². The van der Waals surface area contributed by atoms with Crippen molar-refractivity contribution in [2.24, 2.45) is 5.92 Å². The quantitative estimate of drug-likeness (QED) is 0.585. The SMILES string of the molecule is [C-]#[N+]CC(C)CC.[C]=O.[C]=O.[C]=O.[C]=O.[C]=O.[W]. The maximum atomic E-state index is 7.50. The summed E-state index contributed by atoms with van der Waals surface area (Å²) in [5, 5.41) is 0. The number of hydrogen-bond donors (Lipinski definition) is 0. The molecule has 0 rings (SSSR count). The summed E-state index contributed by atoms with van der Waals surface area (Å²) in [5.74, 6) is 0.595. The van der Waals surface area contributed by atoms with Crippen molar-refractivity contribution >= 4 is 33.9 Å². The Kier molecular flexibility index (Phi) is 390. The fraction of sp³-hybridized carbons (Fsp3) is 0.455. The minimum absolute atomic E-state index is 0. The Labute approximate surface area is 123 Å². The molecular weight excluding hydrogens is 410 g/mol. The number of nitrogens with zero attached hydrogens (tertiary/aromatic N) is 1. The summed E-state index contributed by atoms with van der Waals surface area (Å²) in [5.41, 5.74) is 0. The monoisotopic (exact) mass is 421 g/mol. The van der Waals surface area contributed by atoms with Gasteiger partial charge in [0, 0.05) is 27.0 Å². The zero-order valence-electron chi connectivity index (χ0n) is 9.89. The minimum atomic E-state index is 0. The van der Waals surface area contributed by atoms with Gasteiger partial charge in [-0.3, -0.25) is 24.0 Å². The van der Waals surface area contributed by atoms with Crippen LogP contribution >= 0.6 is 0 Å². The van der Waals surface area contributed by atoms with Crippen LogP contribution in [-0.4, -0.2) is 40.5 Å². The molecule has 0 aromatic rings. The van der Waals surface area contributed by atoms with Crippen LogP contribution in [0.1, 0.15) is 20.3 Å². The molecule has 0 amide bonds. The third kappa shape index (κ3) is 214. The van der Waals surface area contributed by atoms with Crippen molar-refractivity contribution in [1.29, 1.82) is 0 Å². The smallest absolute Gasteiger partial charge is 0.281 e. The Morgan fingerprint density at radius 2 is 1.11 bits per heavy atom. The van der Waals surface area contributed by atoms with E-state index in [0.29, 0.717) is 12.5 Å². The van der Waals surface area contributed by atoms with Crippen LogP contribution in [0.3, 0.4) is 0 Å². The molecule has 0 saturated carbocycles. The molecule has 1 atom stereocenters. The summed E-state index contributed by atoms with van der Waals surface area (Å²) in [6.45, 7) is 33.9. The van der Waals surface area contributed by atoms with Gasteiger partial charge in [-0.25, -0.2) is 6.57 Å². The van der Waals surface area contributed by atoms with Gasteiger partial charge in [0.05, 0.1) is 0 Å². The first-order chi connectivity index (χ1) is 8.31. The molecule has 0 fully saturated rings. The second-order valence-corrected chi connectivity index (χ2v) is 1.85. The van der Waals surface area contributed by atoms with E-state index < -0.39 is 0 Å². The molecular formula is C11H11NO5W. The largest absolute Gasteiger partial charge is 0.317 e.